The van der Waals surface area contributed by atoms with Gasteiger partial charge < -0.3 is 9.47 Å². The molecule has 6 nitrogen and oxygen atoms in total. The fourth-order valence-corrected chi connectivity index (χ4v) is 2.64. The number of methoxy groups -OCH3 is 2. The second kappa shape index (κ2) is 7.50. The number of aromatic amines is 1. The van der Waals surface area contributed by atoms with Gasteiger partial charge in [-0.2, -0.15) is 14.9 Å². The lowest BCUT2D eigenvalue weighted by Gasteiger charge is -2.07. The van der Waals surface area contributed by atoms with Crippen molar-refractivity contribution in [2.45, 2.75) is 0 Å². The van der Waals surface area contributed by atoms with Crippen LogP contribution < -0.4 is 9.47 Å². The van der Waals surface area contributed by atoms with E-state index in [0.717, 1.165) is 11.1 Å². The maximum absolute atomic E-state index is 6.06. The van der Waals surface area contributed by atoms with Crippen molar-refractivity contribution in [1.29, 1.82) is 0 Å². The second-order valence-corrected chi connectivity index (χ2v) is 5.85. The molecule has 0 atom stereocenters. The lowest BCUT2D eigenvalue weighted by Crippen LogP contribution is -1.97. The Kier molecular flexibility index (Phi) is 5.16. The minimum absolute atomic E-state index is 0.369. The van der Waals surface area contributed by atoms with E-state index in [1.54, 1.807) is 32.6 Å². The number of aromatic nitrogens is 3. The predicted octanol–water partition coefficient (Wildman–Crippen LogP) is 4.16. The molecule has 0 aliphatic carbocycles. The maximum Gasteiger partial charge on any atom is 0.216 e. The van der Waals surface area contributed by atoms with Gasteiger partial charge in [0, 0.05) is 16.1 Å². The lowest BCUT2D eigenvalue weighted by molar-refractivity contribution is 0.402. The molecule has 0 saturated carbocycles. The van der Waals surface area contributed by atoms with Crippen molar-refractivity contribution >= 4 is 30.0 Å². The molecular formula is C17H15ClN4O2S. The summed E-state index contributed by atoms with van der Waals surface area (Å²) >= 11 is 11.3. The summed E-state index contributed by atoms with van der Waals surface area (Å²) in [5.41, 5.74) is 1.55. The molecule has 3 aromatic rings. The Balaban J connectivity index is 2.03. The summed E-state index contributed by atoms with van der Waals surface area (Å²) in [6, 6.07) is 12.8. The first-order valence-electron chi connectivity index (χ1n) is 7.32. The highest BCUT2D eigenvalue weighted by atomic mass is 35.5. The van der Waals surface area contributed by atoms with Gasteiger partial charge in [0.2, 0.25) is 4.77 Å². The number of rotatable bonds is 5. The topological polar surface area (TPSA) is 64.4 Å². The first-order valence-corrected chi connectivity index (χ1v) is 8.10. The smallest absolute Gasteiger partial charge is 0.216 e. The summed E-state index contributed by atoms with van der Waals surface area (Å²) in [6.07, 6.45) is 1.64. The molecular weight excluding hydrogens is 360 g/mol. The predicted molar refractivity (Wildman–Crippen MR) is 100 cm³/mol. The molecule has 1 heterocycles. The maximum atomic E-state index is 6.06. The van der Waals surface area contributed by atoms with Crippen molar-refractivity contribution in [2.24, 2.45) is 5.10 Å². The van der Waals surface area contributed by atoms with Crippen LogP contribution in [0.25, 0.3) is 11.4 Å². The monoisotopic (exact) mass is 374 g/mol. The van der Waals surface area contributed by atoms with Crippen LogP contribution in [-0.4, -0.2) is 35.3 Å². The minimum atomic E-state index is 0.369. The molecule has 0 saturated heterocycles. The van der Waals surface area contributed by atoms with E-state index in [4.69, 9.17) is 33.3 Å². The number of hydrogen-bond donors (Lipinski definition) is 1. The van der Waals surface area contributed by atoms with E-state index in [1.165, 1.54) is 4.68 Å². The average molecular weight is 375 g/mol. The number of hydrogen-bond acceptors (Lipinski definition) is 5. The fraction of sp³-hybridized carbons (Fsp3) is 0.118. The van der Waals surface area contributed by atoms with E-state index in [2.05, 4.69) is 15.3 Å². The highest BCUT2D eigenvalue weighted by Gasteiger charge is 2.09. The Hall–Kier alpha value is -2.64. The summed E-state index contributed by atoms with van der Waals surface area (Å²) in [4.78, 5) is 0. The summed E-state index contributed by atoms with van der Waals surface area (Å²) in [5, 5.41) is 12.0. The van der Waals surface area contributed by atoms with Gasteiger partial charge in [-0.1, -0.05) is 23.7 Å². The zero-order chi connectivity index (χ0) is 17.8. The van der Waals surface area contributed by atoms with Crippen molar-refractivity contribution in [3.05, 3.63) is 57.8 Å². The van der Waals surface area contributed by atoms with Gasteiger partial charge in [-0.15, -0.1) is 0 Å². The first-order chi connectivity index (χ1) is 12.1. The number of H-pyrrole nitrogens is 1. The van der Waals surface area contributed by atoms with E-state index in [-0.39, 0.29) is 0 Å². The van der Waals surface area contributed by atoms with E-state index >= 15 is 0 Å². The molecule has 0 radical (unpaired) electrons. The van der Waals surface area contributed by atoms with Gasteiger partial charge in [0.15, 0.2) is 5.82 Å². The highest BCUT2D eigenvalue weighted by molar-refractivity contribution is 7.71. The van der Waals surface area contributed by atoms with Gasteiger partial charge >= 0.3 is 0 Å². The number of ether oxygens (including phenoxy) is 2. The van der Waals surface area contributed by atoms with Gasteiger partial charge in [0.1, 0.15) is 11.5 Å². The Morgan fingerprint density at radius 2 is 2.04 bits per heavy atom. The third kappa shape index (κ3) is 3.72. The van der Waals surface area contributed by atoms with Crippen molar-refractivity contribution in [2.75, 3.05) is 14.2 Å². The standard InChI is InChI=1S/C17H15ClN4O2S/c1-23-14-6-7-15(24-2)12(9-14)10-19-22-16(20-21-17(22)25)11-4-3-5-13(18)8-11/h3-10H,1-2H3,(H,21,25)/b19-10-. The molecule has 128 valence electrons. The van der Waals surface area contributed by atoms with E-state index in [1.807, 2.05) is 30.3 Å². The van der Waals surface area contributed by atoms with Crippen LogP contribution in [0.3, 0.4) is 0 Å². The molecule has 0 aliphatic heterocycles. The Bertz CT molecular complexity index is 981. The van der Waals surface area contributed by atoms with Crippen molar-refractivity contribution in [1.82, 2.24) is 14.9 Å². The zero-order valence-corrected chi connectivity index (χ0v) is 15.1. The normalized spacial score (nSPS) is 11.0. The van der Waals surface area contributed by atoms with Crippen LogP contribution in [0.2, 0.25) is 5.02 Å². The zero-order valence-electron chi connectivity index (χ0n) is 13.6. The van der Waals surface area contributed by atoms with Gasteiger partial charge in [-0.3, -0.25) is 0 Å². The van der Waals surface area contributed by atoms with E-state index in [0.29, 0.717) is 27.1 Å². The van der Waals surface area contributed by atoms with Gasteiger partial charge in [-0.25, -0.2) is 5.10 Å². The molecule has 25 heavy (non-hydrogen) atoms. The molecule has 1 N–H and O–H groups in total. The average Bonchev–Trinajstić information content (AvgIpc) is 3.00. The van der Waals surface area contributed by atoms with Gasteiger partial charge in [0.05, 0.1) is 20.4 Å². The lowest BCUT2D eigenvalue weighted by atomic mass is 10.2. The van der Waals surface area contributed by atoms with Crippen LogP contribution in [-0.2, 0) is 0 Å². The Morgan fingerprint density at radius 1 is 1.20 bits per heavy atom. The van der Waals surface area contributed by atoms with Crippen molar-refractivity contribution in [3.8, 4) is 22.9 Å². The van der Waals surface area contributed by atoms with Crippen molar-refractivity contribution in [3.63, 3.8) is 0 Å². The molecule has 0 spiro atoms. The third-order valence-corrected chi connectivity index (χ3v) is 3.98. The minimum Gasteiger partial charge on any atom is -0.497 e. The molecule has 8 heteroatoms. The third-order valence-electron chi connectivity index (χ3n) is 3.48. The van der Waals surface area contributed by atoms with E-state index in [9.17, 15) is 0 Å². The van der Waals surface area contributed by atoms with Crippen molar-refractivity contribution < 1.29 is 9.47 Å². The molecule has 0 unspecified atom stereocenters. The first kappa shape index (κ1) is 17.2. The Labute approximate surface area is 154 Å². The summed E-state index contributed by atoms with van der Waals surface area (Å²) in [5.74, 6) is 1.93. The molecule has 2 aromatic carbocycles. The molecule has 0 amide bonds. The highest BCUT2D eigenvalue weighted by Crippen LogP contribution is 2.24. The quantitative estimate of drug-likeness (QED) is 0.538. The SMILES string of the molecule is COc1ccc(OC)c(/C=N\n2c(-c3cccc(Cl)c3)n[nH]c2=S)c1. The number of halogens is 1. The second-order valence-electron chi connectivity index (χ2n) is 5.03. The number of benzene rings is 2. The van der Waals surface area contributed by atoms with Crippen LogP contribution in [0.4, 0.5) is 0 Å². The summed E-state index contributed by atoms with van der Waals surface area (Å²) in [7, 11) is 3.20. The van der Waals surface area contributed by atoms with Crippen LogP contribution in [0.1, 0.15) is 5.56 Å². The molecule has 0 aliphatic rings. The number of nitrogens with one attached hydrogen (secondary N) is 1. The van der Waals surface area contributed by atoms with Gasteiger partial charge in [-0.05, 0) is 42.5 Å². The van der Waals surface area contributed by atoms with E-state index < -0.39 is 0 Å². The molecule has 3 rings (SSSR count). The summed E-state index contributed by atoms with van der Waals surface area (Å²) < 4.78 is 12.5. The summed E-state index contributed by atoms with van der Waals surface area (Å²) in [6.45, 7) is 0. The Morgan fingerprint density at radius 3 is 2.76 bits per heavy atom. The molecule has 1 aromatic heterocycles. The fourth-order valence-electron chi connectivity index (χ4n) is 2.27. The molecule has 0 bridgehead atoms. The number of nitrogens with zero attached hydrogens (tertiary/aromatic N) is 3. The van der Waals surface area contributed by atoms with Crippen LogP contribution in [0.5, 0.6) is 11.5 Å². The van der Waals surface area contributed by atoms with Crippen LogP contribution in [0, 0.1) is 4.77 Å². The molecule has 0 fully saturated rings. The van der Waals surface area contributed by atoms with Crippen LogP contribution >= 0.6 is 23.8 Å². The van der Waals surface area contributed by atoms with Crippen LogP contribution in [0.15, 0.2) is 47.6 Å². The van der Waals surface area contributed by atoms with Gasteiger partial charge in [0.25, 0.3) is 0 Å². The largest absolute Gasteiger partial charge is 0.497 e.